The van der Waals surface area contributed by atoms with Crippen molar-refractivity contribution in [3.05, 3.63) is 53.6 Å². The van der Waals surface area contributed by atoms with Crippen LogP contribution in [0.15, 0.2) is 48.0 Å². The van der Waals surface area contributed by atoms with E-state index < -0.39 is 5.41 Å². The summed E-state index contributed by atoms with van der Waals surface area (Å²) in [4.78, 5) is 12.2. The van der Waals surface area contributed by atoms with Gasteiger partial charge in [-0.2, -0.15) is 5.26 Å². The largest absolute Gasteiger partial charge is 0.293 e. The van der Waals surface area contributed by atoms with E-state index in [1.54, 1.807) is 6.08 Å². The number of nitriles is 1. The normalized spacial score (nSPS) is 12.2. The molecule has 0 fully saturated rings. The maximum Gasteiger partial charge on any atom is 0.178 e. The van der Waals surface area contributed by atoms with E-state index in [9.17, 15) is 10.1 Å². The molecule has 0 unspecified atom stereocenters. The zero-order valence-corrected chi connectivity index (χ0v) is 12.0. The highest BCUT2D eigenvalue weighted by molar-refractivity contribution is 6.06. The molecule has 0 aliphatic rings. The molecule has 2 aromatic carbocycles. The standard InChI is InChI=1S/C18H17NO/c1-18(2,3)17(20)16(12-19)11-13-8-9-14-6-4-5-7-15(14)10-13/h4-11H,1-3H3. The Morgan fingerprint density at radius 1 is 1.10 bits per heavy atom. The summed E-state index contributed by atoms with van der Waals surface area (Å²) < 4.78 is 0. The number of rotatable bonds is 2. The number of hydrogen-bond donors (Lipinski definition) is 0. The van der Waals surface area contributed by atoms with Crippen molar-refractivity contribution < 1.29 is 4.79 Å². The minimum absolute atomic E-state index is 0.131. The van der Waals surface area contributed by atoms with Gasteiger partial charge in [0.15, 0.2) is 5.78 Å². The quantitative estimate of drug-likeness (QED) is 0.596. The van der Waals surface area contributed by atoms with Crippen molar-refractivity contribution in [3.8, 4) is 6.07 Å². The topological polar surface area (TPSA) is 40.9 Å². The lowest BCUT2D eigenvalue weighted by Gasteiger charge is -2.15. The lowest BCUT2D eigenvalue weighted by atomic mass is 9.86. The Bertz CT molecular complexity index is 727. The predicted octanol–water partition coefficient (Wildman–Crippen LogP) is 4.36. The second-order valence-electron chi connectivity index (χ2n) is 5.86. The number of fused-ring (bicyclic) bond motifs is 1. The third-order valence-corrected chi connectivity index (χ3v) is 3.13. The molecule has 0 saturated heterocycles. The molecule has 2 heteroatoms. The first kappa shape index (κ1) is 14.0. The summed E-state index contributed by atoms with van der Waals surface area (Å²) in [5, 5.41) is 11.4. The number of hydrogen-bond acceptors (Lipinski definition) is 2. The first-order valence-corrected chi connectivity index (χ1v) is 6.57. The fraction of sp³-hybridized carbons (Fsp3) is 0.222. The van der Waals surface area contributed by atoms with Crippen molar-refractivity contribution in [2.45, 2.75) is 20.8 Å². The van der Waals surface area contributed by atoms with Crippen LogP contribution in [0.2, 0.25) is 0 Å². The van der Waals surface area contributed by atoms with Gasteiger partial charge in [0.25, 0.3) is 0 Å². The SMILES string of the molecule is CC(C)(C)C(=O)C(C#N)=Cc1ccc2ccccc2c1. The molecule has 0 spiro atoms. The Morgan fingerprint density at radius 3 is 2.35 bits per heavy atom. The van der Waals surface area contributed by atoms with Gasteiger partial charge in [-0.15, -0.1) is 0 Å². The van der Waals surface area contributed by atoms with Gasteiger partial charge in [-0.3, -0.25) is 4.79 Å². The molecular formula is C18H17NO. The van der Waals surface area contributed by atoms with E-state index >= 15 is 0 Å². The molecule has 0 heterocycles. The number of ketones is 1. The first-order valence-electron chi connectivity index (χ1n) is 6.57. The highest BCUT2D eigenvalue weighted by atomic mass is 16.1. The highest BCUT2D eigenvalue weighted by Crippen LogP contribution is 2.22. The molecule has 0 aromatic heterocycles. The van der Waals surface area contributed by atoms with E-state index in [4.69, 9.17) is 0 Å². The maximum absolute atomic E-state index is 12.2. The molecule has 2 nitrogen and oxygen atoms in total. The minimum atomic E-state index is -0.543. The second-order valence-corrected chi connectivity index (χ2v) is 5.86. The Morgan fingerprint density at radius 2 is 1.75 bits per heavy atom. The lowest BCUT2D eigenvalue weighted by molar-refractivity contribution is -0.121. The fourth-order valence-corrected chi connectivity index (χ4v) is 2.02. The van der Waals surface area contributed by atoms with Gasteiger partial charge in [0.1, 0.15) is 6.07 Å². The lowest BCUT2D eigenvalue weighted by Crippen LogP contribution is -2.21. The van der Waals surface area contributed by atoms with Gasteiger partial charge in [-0.1, -0.05) is 57.2 Å². The summed E-state index contributed by atoms with van der Waals surface area (Å²) in [6.45, 7) is 5.46. The van der Waals surface area contributed by atoms with Crippen molar-refractivity contribution >= 4 is 22.6 Å². The van der Waals surface area contributed by atoms with Crippen LogP contribution in [0.3, 0.4) is 0 Å². The highest BCUT2D eigenvalue weighted by Gasteiger charge is 2.24. The third kappa shape index (κ3) is 2.95. The second kappa shape index (κ2) is 5.30. The molecule has 0 aliphatic carbocycles. The summed E-state index contributed by atoms with van der Waals surface area (Å²) >= 11 is 0. The molecule has 2 rings (SSSR count). The molecule has 100 valence electrons. The van der Waals surface area contributed by atoms with Gasteiger partial charge in [-0.25, -0.2) is 0 Å². The number of Topliss-reactive ketones (excluding diaryl/α,β-unsaturated/α-hetero) is 1. The van der Waals surface area contributed by atoms with Crippen LogP contribution in [0, 0.1) is 16.7 Å². The molecule has 0 bridgehead atoms. The summed E-state index contributed by atoms with van der Waals surface area (Å²) in [5.74, 6) is -0.131. The van der Waals surface area contributed by atoms with E-state index in [1.807, 2.05) is 69.3 Å². The van der Waals surface area contributed by atoms with Crippen molar-refractivity contribution in [2.24, 2.45) is 5.41 Å². The molecule has 0 atom stereocenters. The molecule has 0 saturated carbocycles. The van der Waals surface area contributed by atoms with E-state index in [1.165, 1.54) is 0 Å². The summed E-state index contributed by atoms with van der Waals surface area (Å²) in [5.41, 5.74) is 0.531. The molecule has 0 N–H and O–H groups in total. The summed E-state index contributed by atoms with van der Waals surface area (Å²) in [7, 11) is 0. The van der Waals surface area contributed by atoms with E-state index in [2.05, 4.69) is 0 Å². The molecule has 0 radical (unpaired) electrons. The third-order valence-electron chi connectivity index (χ3n) is 3.13. The van der Waals surface area contributed by atoms with Gasteiger partial charge in [0.05, 0.1) is 5.57 Å². The van der Waals surface area contributed by atoms with Crippen LogP contribution >= 0.6 is 0 Å². The van der Waals surface area contributed by atoms with Crippen LogP contribution in [0.5, 0.6) is 0 Å². The zero-order valence-electron chi connectivity index (χ0n) is 12.0. The van der Waals surface area contributed by atoms with Crippen LogP contribution in [-0.2, 0) is 4.79 Å². The Balaban J connectivity index is 2.45. The smallest absolute Gasteiger partial charge is 0.178 e. The molecule has 2 aromatic rings. The van der Waals surface area contributed by atoms with Crippen LogP contribution in [0.1, 0.15) is 26.3 Å². The van der Waals surface area contributed by atoms with Gasteiger partial charge in [0, 0.05) is 5.41 Å². The van der Waals surface area contributed by atoms with Crippen molar-refractivity contribution in [1.29, 1.82) is 5.26 Å². The predicted molar refractivity (Wildman–Crippen MR) is 82.0 cm³/mol. The minimum Gasteiger partial charge on any atom is -0.293 e. The summed E-state index contributed by atoms with van der Waals surface area (Å²) in [6.07, 6.45) is 1.67. The monoisotopic (exact) mass is 263 g/mol. The average Bonchev–Trinajstić information content (AvgIpc) is 2.43. The summed E-state index contributed by atoms with van der Waals surface area (Å²) in [6, 6.07) is 15.9. The first-order chi connectivity index (χ1) is 9.41. The average molecular weight is 263 g/mol. The number of carbonyl (C=O) groups is 1. The van der Waals surface area contributed by atoms with Crippen molar-refractivity contribution in [3.63, 3.8) is 0 Å². The maximum atomic E-state index is 12.2. The van der Waals surface area contributed by atoms with E-state index in [0.717, 1.165) is 16.3 Å². The van der Waals surface area contributed by atoms with Crippen LogP contribution in [-0.4, -0.2) is 5.78 Å². The molecule has 0 aliphatic heterocycles. The van der Waals surface area contributed by atoms with E-state index in [0.29, 0.717) is 0 Å². The van der Waals surface area contributed by atoms with Crippen LogP contribution < -0.4 is 0 Å². The van der Waals surface area contributed by atoms with Gasteiger partial charge < -0.3 is 0 Å². The van der Waals surface area contributed by atoms with Crippen molar-refractivity contribution in [2.75, 3.05) is 0 Å². The van der Waals surface area contributed by atoms with Gasteiger partial charge in [-0.05, 0) is 28.5 Å². The molecule has 0 amide bonds. The Labute approximate surface area is 119 Å². The van der Waals surface area contributed by atoms with E-state index in [-0.39, 0.29) is 11.4 Å². The van der Waals surface area contributed by atoms with Crippen molar-refractivity contribution in [1.82, 2.24) is 0 Å². The number of carbonyl (C=O) groups excluding carboxylic acids is 1. The van der Waals surface area contributed by atoms with Crippen LogP contribution in [0.4, 0.5) is 0 Å². The zero-order chi connectivity index (χ0) is 14.8. The Hall–Kier alpha value is -2.40. The molecular weight excluding hydrogens is 246 g/mol. The number of benzene rings is 2. The fourth-order valence-electron chi connectivity index (χ4n) is 2.02. The van der Waals surface area contributed by atoms with Crippen LogP contribution in [0.25, 0.3) is 16.8 Å². The number of allylic oxidation sites excluding steroid dienone is 1. The Kier molecular flexibility index (Phi) is 3.72. The molecule has 20 heavy (non-hydrogen) atoms. The van der Waals surface area contributed by atoms with Gasteiger partial charge >= 0.3 is 0 Å². The van der Waals surface area contributed by atoms with Gasteiger partial charge in [0.2, 0.25) is 0 Å². The number of nitrogens with zero attached hydrogens (tertiary/aromatic N) is 1.